The highest BCUT2D eigenvalue weighted by molar-refractivity contribution is 5.84. The van der Waals surface area contributed by atoms with Crippen LogP contribution in [0.15, 0.2) is 24.4 Å². The molecule has 0 radical (unpaired) electrons. The van der Waals surface area contributed by atoms with Crippen molar-refractivity contribution in [3.8, 4) is 5.75 Å². The van der Waals surface area contributed by atoms with Crippen LogP contribution in [0.1, 0.15) is 12.5 Å². The van der Waals surface area contributed by atoms with Crippen molar-refractivity contribution in [1.82, 2.24) is 10.3 Å². The molecule has 0 fully saturated rings. The lowest BCUT2D eigenvalue weighted by Gasteiger charge is -2.01. The summed E-state index contributed by atoms with van der Waals surface area (Å²) in [5.41, 5.74) is 2.09. The first-order valence-electron chi connectivity index (χ1n) is 5.20. The van der Waals surface area contributed by atoms with Crippen molar-refractivity contribution < 1.29 is 9.90 Å². The number of carbonyl (C=O) groups excluding carboxylic acids is 1. The molecule has 1 aromatic carbocycles. The van der Waals surface area contributed by atoms with E-state index in [1.54, 1.807) is 12.1 Å². The van der Waals surface area contributed by atoms with Crippen LogP contribution >= 0.6 is 0 Å². The van der Waals surface area contributed by atoms with Gasteiger partial charge in [-0.1, -0.05) is 0 Å². The van der Waals surface area contributed by atoms with Gasteiger partial charge in [0.2, 0.25) is 5.91 Å². The molecular formula is C12H14N2O2. The van der Waals surface area contributed by atoms with Crippen LogP contribution in [0.5, 0.6) is 5.75 Å². The zero-order chi connectivity index (χ0) is 11.5. The highest BCUT2D eigenvalue weighted by Crippen LogP contribution is 2.22. The van der Waals surface area contributed by atoms with Crippen LogP contribution in [0.4, 0.5) is 0 Å². The van der Waals surface area contributed by atoms with Crippen LogP contribution in [-0.4, -0.2) is 22.5 Å². The summed E-state index contributed by atoms with van der Waals surface area (Å²) in [7, 11) is 0. The topological polar surface area (TPSA) is 65.1 Å². The van der Waals surface area contributed by atoms with Crippen molar-refractivity contribution in [2.45, 2.75) is 13.3 Å². The molecule has 0 aliphatic carbocycles. The number of benzene rings is 1. The molecule has 4 nitrogen and oxygen atoms in total. The maximum atomic E-state index is 10.7. The van der Waals surface area contributed by atoms with Gasteiger partial charge in [-0.25, -0.2) is 0 Å². The number of aromatic nitrogens is 1. The Bertz CT molecular complexity index is 517. The molecule has 0 saturated heterocycles. The molecule has 2 rings (SSSR count). The number of aromatic amines is 1. The van der Waals surface area contributed by atoms with Gasteiger partial charge in [0.1, 0.15) is 5.75 Å². The van der Waals surface area contributed by atoms with E-state index in [4.69, 9.17) is 0 Å². The van der Waals surface area contributed by atoms with Crippen LogP contribution < -0.4 is 5.32 Å². The second-order valence-corrected chi connectivity index (χ2v) is 3.78. The standard InChI is InChI=1S/C12H14N2O2/c1-8(15)13-5-4-9-7-14-12-3-2-10(16)6-11(9)12/h2-3,6-7,14,16H,4-5H2,1H3,(H,13,15)/i8-1. The average Bonchev–Trinajstić information content (AvgIpc) is 2.60. The normalized spacial score (nSPS) is 10.6. The third-order valence-corrected chi connectivity index (χ3v) is 2.52. The lowest BCUT2D eigenvalue weighted by molar-refractivity contribution is -0.118. The predicted molar refractivity (Wildman–Crippen MR) is 62.4 cm³/mol. The second-order valence-electron chi connectivity index (χ2n) is 3.78. The SMILES string of the molecule is C[11C](=O)NCCc1c[nH]c2ccc(O)cc12. The van der Waals surface area contributed by atoms with E-state index in [0.29, 0.717) is 6.54 Å². The molecule has 0 bridgehead atoms. The molecule has 84 valence electrons. The molecule has 0 aliphatic rings. The molecule has 1 amide bonds. The minimum absolute atomic E-state index is 0.0253. The Morgan fingerprint density at radius 2 is 2.31 bits per heavy atom. The van der Waals surface area contributed by atoms with Crippen LogP contribution in [0.2, 0.25) is 0 Å². The Morgan fingerprint density at radius 1 is 1.50 bits per heavy atom. The minimum atomic E-state index is -0.0253. The van der Waals surface area contributed by atoms with E-state index in [1.807, 2.05) is 12.3 Å². The molecule has 0 saturated carbocycles. The van der Waals surface area contributed by atoms with Gasteiger partial charge in [-0.15, -0.1) is 0 Å². The highest BCUT2D eigenvalue weighted by atomic mass is 16.3. The van der Waals surface area contributed by atoms with Gasteiger partial charge in [0.15, 0.2) is 0 Å². The fraction of sp³-hybridized carbons (Fsp3) is 0.250. The molecule has 0 unspecified atom stereocenters. The highest BCUT2D eigenvalue weighted by Gasteiger charge is 2.04. The van der Waals surface area contributed by atoms with Crippen LogP contribution in [-0.2, 0) is 11.2 Å². The lowest BCUT2D eigenvalue weighted by Crippen LogP contribution is -2.22. The van der Waals surface area contributed by atoms with Crippen molar-refractivity contribution in [3.63, 3.8) is 0 Å². The average molecular weight is 217 g/mol. The molecule has 0 aliphatic heterocycles. The number of hydrogen-bond acceptors (Lipinski definition) is 2. The van der Waals surface area contributed by atoms with E-state index >= 15 is 0 Å². The van der Waals surface area contributed by atoms with E-state index in [-0.39, 0.29) is 11.7 Å². The van der Waals surface area contributed by atoms with Crippen molar-refractivity contribution in [3.05, 3.63) is 30.0 Å². The first kappa shape index (κ1) is 10.5. The maximum Gasteiger partial charge on any atom is 0.216 e. The number of H-pyrrole nitrogens is 1. The number of rotatable bonds is 3. The first-order chi connectivity index (χ1) is 7.66. The molecular weight excluding hydrogens is 203 g/mol. The molecule has 16 heavy (non-hydrogen) atoms. The van der Waals surface area contributed by atoms with Gasteiger partial charge >= 0.3 is 0 Å². The largest absolute Gasteiger partial charge is 0.508 e. The Hall–Kier alpha value is -1.97. The van der Waals surface area contributed by atoms with Crippen LogP contribution in [0.3, 0.4) is 0 Å². The molecule has 0 spiro atoms. The van der Waals surface area contributed by atoms with E-state index in [0.717, 1.165) is 22.9 Å². The van der Waals surface area contributed by atoms with Gasteiger partial charge in [0, 0.05) is 30.6 Å². The summed E-state index contributed by atoms with van der Waals surface area (Å²) in [5, 5.41) is 13.2. The zero-order valence-corrected chi connectivity index (χ0v) is 9.08. The second kappa shape index (κ2) is 4.26. The van der Waals surface area contributed by atoms with Gasteiger partial charge in [0.05, 0.1) is 0 Å². The number of carbonyl (C=O) groups is 1. The summed E-state index contributed by atoms with van der Waals surface area (Å²) in [6.07, 6.45) is 2.66. The van der Waals surface area contributed by atoms with Crippen molar-refractivity contribution in [1.29, 1.82) is 0 Å². The van der Waals surface area contributed by atoms with E-state index in [1.165, 1.54) is 6.92 Å². The lowest BCUT2D eigenvalue weighted by atomic mass is 10.1. The third-order valence-electron chi connectivity index (χ3n) is 2.52. The Morgan fingerprint density at radius 3 is 3.06 bits per heavy atom. The number of phenolic OH excluding ortho intramolecular Hbond substituents is 1. The number of nitrogens with one attached hydrogen (secondary N) is 2. The first-order valence-corrected chi connectivity index (χ1v) is 5.20. The van der Waals surface area contributed by atoms with Gasteiger partial charge < -0.3 is 15.4 Å². The molecule has 2 aromatic rings. The summed E-state index contributed by atoms with van der Waals surface area (Å²) in [6, 6.07) is 5.22. The molecule has 1 aromatic heterocycles. The van der Waals surface area contributed by atoms with Gasteiger partial charge in [-0.05, 0) is 30.2 Å². The van der Waals surface area contributed by atoms with Crippen molar-refractivity contribution >= 4 is 16.8 Å². The van der Waals surface area contributed by atoms with Gasteiger partial charge in [-0.2, -0.15) is 0 Å². The number of phenols is 1. The number of fused-ring (bicyclic) bond motifs is 1. The van der Waals surface area contributed by atoms with Gasteiger partial charge in [-0.3, -0.25) is 4.79 Å². The fourth-order valence-corrected chi connectivity index (χ4v) is 1.75. The third kappa shape index (κ3) is 2.16. The van der Waals surface area contributed by atoms with E-state index < -0.39 is 0 Å². The Labute approximate surface area is 93.3 Å². The van der Waals surface area contributed by atoms with Crippen molar-refractivity contribution in [2.24, 2.45) is 0 Å². The Kier molecular flexibility index (Phi) is 2.81. The zero-order valence-electron chi connectivity index (χ0n) is 9.08. The van der Waals surface area contributed by atoms with Crippen molar-refractivity contribution in [2.75, 3.05) is 6.54 Å². The fourth-order valence-electron chi connectivity index (χ4n) is 1.75. The Balaban J connectivity index is 2.17. The summed E-state index contributed by atoms with van der Waals surface area (Å²) >= 11 is 0. The molecule has 0 atom stereocenters. The quantitative estimate of drug-likeness (QED) is 0.730. The summed E-state index contributed by atoms with van der Waals surface area (Å²) in [6.45, 7) is 2.11. The number of aromatic hydroxyl groups is 1. The predicted octanol–water partition coefficient (Wildman–Crippen LogP) is 1.55. The summed E-state index contributed by atoms with van der Waals surface area (Å²) < 4.78 is 0. The van der Waals surface area contributed by atoms with E-state index in [2.05, 4.69) is 10.3 Å². The summed E-state index contributed by atoms with van der Waals surface area (Å²) in [4.78, 5) is 13.9. The maximum absolute atomic E-state index is 10.7. The molecule has 4 heteroatoms. The number of amides is 1. The molecule has 3 N–H and O–H groups in total. The monoisotopic (exact) mass is 217 g/mol. The smallest absolute Gasteiger partial charge is 0.216 e. The minimum Gasteiger partial charge on any atom is -0.508 e. The van der Waals surface area contributed by atoms with Crippen LogP contribution in [0, 0.1) is 0 Å². The van der Waals surface area contributed by atoms with Gasteiger partial charge in [0.25, 0.3) is 0 Å². The van der Waals surface area contributed by atoms with Crippen LogP contribution in [0.25, 0.3) is 10.9 Å². The molecule has 1 heterocycles. The van der Waals surface area contributed by atoms with E-state index in [9.17, 15) is 9.90 Å². The number of hydrogen-bond donors (Lipinski definition) is 3. The summed E-state index contributed by atoms with van der Waals surface area (Å²) in [5.74, 6) is 0.232.